The summed E-state index contributed by atoms with van der Waals surface area (Å²) in [5.41, 5.74) is 3.24. The number of aromatic nitrogens is 1. The lowest BCUT2D eigenvalue weighted by Crippen LogP contribution is -2.24. The molecule has 0 radical (unpaired) electrons. The third-order valence-corrected chi connectivity index (χ3v) is 4.88. The molecule has 0 saturated heterocycles. The summed E-state index contributed by atoms with van der Waals surface area (Å²) >= 11 is 0. The van der Waals surface area contributed by atoms with E-state index in [2.05, 4.69) is 5.32 Å². The van der Waals surface area contributed by atoms with Crippen LogP contribution in [0.25, 0.3) is 11.3 Å². The molecule has 1 N–H and O–H groups in total. The molecule has 3 rings (SSSR count). The average Bonchev–Trinajstić information content (AvgIpc) is 3.03. The van der Waals surface area contributed by atoms with Gasteiger partial charge in [0.2, 0.25) is 5.91 Å². The predicted octanol–water partition coefficient (Wildman–Crippen LogP) is 4.65. The Morgan fingerprint density at radius 1 is 1.03 bits per heavy atom. The highest BCUT2D eigenvalue weighted by atomic mass is 19.1. The van der Waals surface area contributed by atoms with E-state index in [4.69, 9.17) is 0 Å². The van der Waals surface area contributed by atoms with Crippen molar-refractivity contribution < 1.29 is 18.4 Å². The van der Waals surface area contributed by atoms with Crippen molar-refractivity contribution in [2.45, 2.75) is 33.4 Å². The second-order valence-electron chi connectivity index (χ2n) is 6.86. The molecule has 0 aliphatic heterocycles. The first-order chi connectivity index (χ1) is 13.9. The zero-order valence-corrected chi connectivity index (χ0v) is 16.3. The van der Waals surface area contributed by atoms with Crippen LogP contribution >= 0.6 is 0 Å². The van der Waals surface area contributed by atoms with Gasteiger partial charge in [0, 0.05) is 42.0 Å². The molecule has 0 unspecified atom stereocenters. The summed E-state index contributed by atoms with van der Waals surface area (Å²) in [6.07, 6.45) is 0.162. The van der Waals surface area contributed by atoms with Crippen molar-refractivity contribution in [3.05, 3.63) is 83.1 Å². The molecule has 29 heavy (non-hydrogen) atoms. The summed E-state index contributed by atoms with van der Waals surface area (Å²) in [4.78, 5) is 24.2. The zero-order chi connectivity index (χ0) is 21.0. The van der Waals surface area contributed by atoms with Crippen molar-refractivity contribution in [1.29, 1.82) is 0 Å². The fourth-order valence-electron chi connectivity index (χ4n) is 3.29. The average molecular weight is 396 g/mol. The normalized spacial score (nSPS) is 10.8. The van der Waals surface area contributed by atoms with Gasteiger partial charge in [-0.1, -0.05) is 18.2 Å². The Hall–Kier alpha value is -3.28. The maximum Gasteiger partial charge on any atom is 0.222 e. The maximum atomic E-state index is 13.7. The molecule has 6 heteroatoms. The smallest absolute Gasteiger partial charge is 0.222 e. The third kappa shape index (κ3) is 4.77. The standard InChI is InChI=1S/C23H22F2N2O2/c1-15-20(16(2)28)13-22(17-7-9-19(24)10-8-17)27(15)12-11-23(29)26-14-18-5-3-4-6-21(18)25/h3-10,13H,11-12,14H2,1-2H3,(H,26,29). The van der Waals surface area contributed by atoms with E-state index in [1.54, 1.807) is 36.4 Å². The van der Waals surface area contributed by atoms with E-state index in [0.29, 0.717) is 17.7 Å². The first-order valence-corrected chi connectivity index (χ1v) is 9.34. The van der Waals surface area contributed by atoms with Crippen molar-refractivity contribution in [2.24, 2.45) is 0 Å². The van der Waals surface area contributed by atoms with Gasteiger partial charge in [0.15, 0.2) is 5.78 Å². The Balaban J connectivity index is 1.75. The molecule has 0 aliphatic carbocycles. The predicted molar refractivity (Wildman–Crippen MR) is 107 cm³/mol. The molecule has 3 aromatic rings. The quantitative estimate of drug-likeness (QED) is 0.591. The number of carbonyl (C=O) groups excluding carboxylic acids is 2. The van der Waals surface area contributed by atoms with Crippen LogP contribution in [0.3, 0.4) is 0 Å². The Kier molecular flexibility index (Phi) is 6.22. The molecule has 1 amide bonds. The Bertz CT molecular complexity index is 1040. The SMILES string of the molecule is CC(=O)c1cc(-c2ccc(F)cc2)n(CCC(=O)NCc2ccccc2F)c1C. The van der Waals surface area contributed by atoms with Gasteiger partial charge in [-0.05, 0) is 55.8 Å². The monoisotopic (exact) mass is 396 g/mol. The van der Waals surface area contributed by atoms with Crippen LogP contribution in [0.1, 0.15) is 35.0 Å². The lowest BCUT2D eigenvalue weighted by Gasteiger charge is -2.13. The molecule has 0 bridgehead atoms. The zero-order valence-electron chi connectivity index (χ0n) is 16.3. The number of hydrogen-bond acceptors (Lipinski definition) is 2. The topological polar surface area (TPSA) is 51.1 Å². The van der Waals surface area contributed by atoms with Gasteiger partial charge >= 0.3 is 0 Å². The molecule has 1 aromatic heterocycles. The van der Waals surface area contributed by atoms with E-state index in [1.165, 1.54) is 25.1 Å². The van der Waals surface area contributed by atoms with Crippen LogP contribution in [-0.4, -0.2) is 16.3 Å². The number of ketones is 1. The van der Waals surface area contributed by atoms with E-state index in [9.17, 15) is 18.4 Å². The highest BCUT2D eigenvalue weighted by molar-refractivity contribution is 5.96. The van der Waals surface area contributed by atoms with Gasteiger partial charge in [0.05, 0.1) is 0 Å². The molecule has 0 atom stereocenters. The largest absolute Gasteiger partial charge is 0.352 e. The minimum Gasteiger partial charge on any atom is -0.352 e. The first-order valence-electron chi connectivity index (χ1n) is 9.34. The van der Waals surface area contributed by atoms with Crippen molar-refractivity contribution in [1.82, 2.24) is 9.88 Å². The second-order valence-corrected chi connectivity index (χ2v) is 6.86. The number of Topliss-reactive ketones (excluding diaryl/α,β-unsaturated/α-hetero) is 1. The molecule has 150 valence electrons. The molecule has 0 saturated carbocycles. The first kappa shape index (κ1) is 20.5. The fraction of sp³-hybridized carbons (Fsp3) is 0.217. The van der Waals surface area contributed by atoms with Crippen molar-refractivity contribution >= 4 is 11.7 Å². The maximum absolute atomic E-state index is 13.7. The highest BCUT2D eigenvalue weighted by Crippen LogP contribution is 2.27. The van der Waals surface area contributed by atoms with Gasteiger partial charge in [-0.2, -0.15) is 0 Å². The van der Waals surface area contributed by atoms with Crippen LogP contribution in [0.2, 0.25) is 0 Å². The summed E-state index contributed by atoms with van der Waals surface area (Å²) < 4.78 is 28.8. The number of halogens is 2. The molecular formula is C23H22F2N2O2. The third-order valence-electron chi connectivity index (χ3n) is 4.88. The summed E-state index contributed by atoms with van der Waals surface area (Å²) in [6.45, 7) is 3.76. The molecule has 0 aliphatic rings. The highest BCUT2D eigenvalue weighted by Gasteiger charge is 2.17. The van der Waals surface area contributed by atoms with Gasteiger partial charge in [-0.25, -0.2) is 8.78 Å². The van der Waals surface area contributed by atoms with Crippen LogP contribution in [0.4, 0.5) is 8.78 Å². The molecule has 4 nitrogen and oxygen atoms in total. The number of amides is 1. The summed E-state index contributed by atoms with van der Waals surface area (Å²) in [5, 5.41) is 2.72. The minimum atomic E-state index is -0.362. The van der Waals surface area contributed by atoms with Gasteiger partial charge in [-0.15, -0.1) is 0 Å². The molecule has 1 heterocycles. The molecular weight excluding hydrogens is 374 g/mol. The number of hydrogen-bond donors (Lipinski definition) is 1. The van der Waals surface area contributed by atoms with E-state index < -0.39 is 0 Å². The van der Waals surface area contributed by atoms with Crippen molar-refractivity contribution in [2.75, 3.05) is 0 Å². The van der Waals surface area contributed by atoms with Crippen molar-refractivity contribution in [3.63, 3.8) is 0 Å². The number of rotatable bonds is 7. The number of carbonyl (C=O) groups is 2. The summed E-state index contributed by atoms with van der Waals surface area (Å²) in [7, 11) is 0. The van der Waals surface area contributed by atoms with Crippen LogP contribution in [-0.2, 0) is 17.9 Å². The van der Waals surface area contributed by atoms with Crippen LogP contribution in [0.15, 0.2) is 54.6 Å². The molecule has 2 aromatic carbocycles. The molecule has 0 spiro atoms. The second kappa shape index (κ2) is 8.82. The van der Waals surface area contributed by atoms with Gasteiger partial charge in [0.25, 0.3) is 0 Å². The van der Waals surface area contributed by atoms with Crippen LogP contribution in [0.5, 0.6) is 0 Å². The van der Waals surface area contributed by atoms with E-state index >= 15 is 0 Å². The lowest BCUT2D eigenvalue weighted by molar-refractivity contribution is -0.121. The molecule has 0 fully saturated rings. The summed E-state index contributed by atoms with van der Waals surface area (Å²) in [6, 6.07) is 14.0. The van der Waals surface area contributed by atoms with Crippen LogP contribution < -0.4 is 5.32 Å². The lowest BCUT2D eigenvalue weighted by atomic mass is 10.1. The number of nitrogens with one attached hydrogen (secondary N) is 1. The Labute approximate surface area is 168 Å². The Morgan fingerprint density at radius 3 is 2.38 bits per heavy atom. The van der Waals surface area contributed by atoms with E-state index in [0.717, 1.165) is 17.0 Å². The fourth-order valence-corrected chi connectivity index (χ4v) is 3.29. The minimum absolute atomic E-state index is 0.0754. The summed E-state index contributed by atoms with van der Waals surface area (Å²) in [5.74, 6) is -1.01. The van der Waals surface area contributed by atoms with E-state index in [1.807, 2.05) is 11.5 Å². The van der Waals surface area contributed by atoms with Gasteiger partial charge < -0.3 is 9.88 Å². The Morgan fingerprint density at radius 2 is 1.72 bits per heavy atom. The van der Waals surface area contributed by atoms with Gasteiger partial charge in [0.1, 0.15) is 11.6 Å². The van der Waals surface area contributed by atoms with E-state index in [-0.39, 0.29) is 36.3 Å². The number of benzene rings is 2. The number of nitrogens with zero attached hydrogens (tertiary/aromatic N) is 1. The van der Waals surface area contributed by atoms with Crippen LogP contribution in [0, 0.1) is 18.6 Å². The van der Waals surface area contributed by atoms with Gasteiger partial charge in [-0.3, -0.25) is 9.59 Å². The van der Waals surface area contributed by atoms with Crippen molar-refractivity contribution in [3.8, 4) is 11.3 Å².